The molecule has 0 aliphatic heterocycles. The van der Waals surface area contributed by atoms with Gasteiger partial charge in [-0.15, -0.1) is 0 Å². The van der Waals surface area contributed by atoms with Gasteiger partial charge in [-0.3, -0.25) is 9.59 Å². The lowest BCUT2D eigenvalue weighted by atomic mass is 10.1. The molecule has 0 heterocycles. The van der Waals surface area contributed by atoms with E-state index in [-0.39, 0.29) is 25.5 Å². The minimum Gasteiger partial charge on any atom is -0.483 e. The van der Waals surface area contributed by atoms with Gasteiger partial charge in [0.15, 0.2) is 6.61 Å². The number of rotatable bonds is 6. The third-order valence-electron chi connectivity index (χ3n) is 2.99. The topological polar surface area (TPSA) is 66.8 Å². The predicted octanol–water partition coefficient (Wildman–Crippen LogP) is 1.62. The molecule has 1 rings (SSSR count). The van der Waals surface area contributed by atoms with E-state index in [2.05, 4.69) is 0 Å². The molecule has 0 fully saturated rings. The normalized spacial score (nSPS) is 10.1. The van der Waals surface area contributed by atoms with E-state index in [9.17, 15) is 9.59 Å². The first kappa shape index (κ1) is 15.0. The van der Waals surface area contributed by atoms with Crippen molar-refractivity contribution in [1.82, 2.24) is 4.90 Å². The summed E-state index contributed by atoms with van der Waals surface area (Å²) in [6, 6.07) is 5.66. The Kier molecular flexibility index (Phi) is 5.36. The maximum Gasteiger partial charge on any atom is 0.305 e. The lowest BCUT2D eigenvalue weighted by molar-refractivity contribution is -0.138. The number of hydrogen-bond donors (Lipinski definition) is 1. The molecule has 0 aromatic heterocycles. The molecule has 0 atom stereocenters. The summed E-state index contributed by atoms with van der Waals surface area (Å²) < 4.78 is 5.47. The van der Waals surface area contributed by atoms with Crippen LogP contribution < -0.4 is 4.74 Å². The second-order valence-electron chi connectivity index (χ2n) is 4.45. The molecule has 19 heavy (non-hydrogen) atoms. The Hall–Kier alpha value is -2.04. The number of nitrogens with zero attached hydrogens (tertiary/aromatic N) is 1. The molecule has 0 bridgehead atoms. The Balaban J connectivity index is 2.49. The molecule has 0 saturated heterocycles. The van der Waals surface area contributed by atoms with Gasteiger partial charge in [0, 0.05) is 13.6 Å². The van der Waals surface area contributed by atoms with Gasteiger partial charge in [-0.1, -0.05) is 12.1 Å². The molecule has 1 amide bonds. The SMILES string of the molecule is Cc1cccc(OCC(=O)N(C)CCC(=O)O)c1C. The lowest BCUT2D eigenvalue weighted by Crippen LogP contribution is -2.33. The standard InChI is InChI=1S/C14H19NO4/c1-10-5-4-6-12(11(10)2)19-9-13(16)15(3)8-7-14(17)18/h4-6H,7-9H2,1-3H3,(H,17,18). The fourth-order valence-electron chi connectivity index (χ4n) is 1.52. The zero-order chi connectivity index (χ0) is 14.4. The van der Waals surface area contributed by atoms with Crippen LogP contribution in [-0.2, 0) is 9.59 Å². The Morgan fingerprint density at radius 2 is 2.00 bits per heavy atom. The summed E-state index contributed by atoms with van der Waals surface area (Å²) in [4.78, 5) is 23.5. The number of carbonyl (C=O) groups excluding carboxylic acids is 1. The van der Waals surface area contributed by atoms with Gasteiger partial charge in [0.25, 0.3) is 5.91 Å². The first-order valence-electron chi connectivity index (χ1n) is 6.06. The summed E-state index contributed by atoms with van der Waals surface area (Å²) in [5, 5.41) is 8.55. The van der Waals surface area contributed by atoms with Crippen LogP contribution in [0.1, 0.15) is 17.5 Å². The minimum absolute atomic E-state index is 0.0638. The Bertz CT molecular complexity index is 471. The molecule has 1 aromatic carbocycles. The number of benzene rings is 1. The summed E-state index contributed by atoms with van der Waals surface area (Å²) in [7, 11) is 1.57. The van der Waals surface area contributed by atoms with Crippen molar-refractivity contribution in [2.24, 2.45) is 0 Å². The predicted molar refractivity (Wildman–Crippen MR) is 71.3 cm³/mol. The van der Waals surface area contributed by atoms with E-state index in [1.165, 1.54) is 4.90 Å². The van der Waals surface area contributed by atoms with Gasteiger partial charge in [0.2, 0.25) is 0 Å². The van der Waals surface area contributed by atoms with Crippen LogP contribution in [0, 0.1) is 13.8 Å². The van der Waals surface area contributed by atoms with Gasteiger partial charge < -0.3 is 14.7 Å². The van der Waals surface area contributed by atoms with Crippen LogP contribution in [-0.4, -0.2) is 42.1 Å². The largest absolute Gasteiger partial charge is 0.483 e. The lowest BCUT2D eigenvalue weighted by Gasteiger charge is -2.17. The Morgan fingerprint density at radius 1 is 1.32 bits per heavy atom. The number of ether oxygens (including phenoxy) is 1. The van der Waals surface area contributed by atoms with Crippen molar-refractivity contribution < 1.29 is 19.4 Å². The molecule has 0 saturated carbocycles. The number of aliphatic carboxylic acids is 1. The van der Waals surface area contributed by atoms with Crippen LogP contribution in [0.3, 0.4) is 0 Å². The molecule has 0 aliphatic rings. The van der Waals surface area contributed by atoms with Crippen molar-refractivity contribution in [2.75, 3.05) is 20.2 Å². The minimum atomic E-state index is -0.921. The molecule has 5 nitrogen and oxygen atoms in total. The van der Waals surface area contributed by atoms with Gasteiger partial charge in [0.1, 0.15) is 5.75 Å². The van der Waals surface area contributed by atoms with E-state index in [1.54, 1.807) is 7.05 Å². The Morgan fingerprint density at radius 3 is 2.63 bits per heavy atom. The molecular weight excluding hydrogens is 246 g/mol. The van der Waals surface area contributed by atoms with Crippen LogP contribution in [0.5, 0.6) is 5.75 Å². The smallest absolute Gasteiger partial charge is 0.305 e. The van der Waals surface area contributed by atoms with Crippen LogP contribution >= 0.6 is 0 Å². The highest BCUT2D eigenvalue weighted by molar-refractivity contribution is 5.78. The fourth-order valence-corrected chi connectivity index (χ4v) is 1.52. The van der Waals surface area contributed by atoms with Gasteiger partial charge in [0.05, 0.1) is 6.42 Å². The van der Waals surface area contributed by atoms with Gasteiger partial charge in [-0.2, -0.15) is 0 Å². The zero-order valence-corrected chi connectivity index (χ0v) is 11.5. The summed E-state index contributed by atoms with van der Waals surface area (Å²) >= 11 is 0. The van der Waals surface area contributed by atoms with Gasteiger partial charge in [-0.05, 0) is 31.0 Å². The first-order valence-corrected chi connectivity index (χ1v) is 6.06. The number of carbonyl (C=O) groups is 2. The third-order valence-corrected chi connectivity index (χ3v) is 2.99. The van der Waals surface area contributed by atoms with Crippen molar-refractivity contribution in [3.8, 4) is 5.75 Å². The van der Waals surface area contributed by atoms with Crippen LogP contribution in [0.15, 0.2) is 18.2 Å². The van der Waals surface area contributed by atoms with Crippen molar-refractivity contribution in [3.63, 3.8) is 0 Å². The van der Waals surface area contributed by atoms with E-state index in [0.717, 1.165) is 11.1 Å². The maximum absolute atomic E-state index is 11.7. The molecule has 1 N–H and O–H groups in total. The number of aryl methyl sites for hydroxylation is 1. The average molecular weight is 265 g/mol. The highest BCUT2D eigenvalue weighted by Gasteiger charge is 2.11. The van der Waals surface area contributed by atoms with Gasteiger partial charge in [-0.25, -0.2) is 0 Å². The number of likely N-dealkylation sites (N-methyl/N-ethyl adjacent to an activating group) is 1. The van der Waals surface area contributed by atoms with Crippen molar-refractivity contribution in [1.29, 1.82) is 0 Å². The van der Waals surface area contributed by atoms with Crippen molar-refractivity contribution in [3.05, 3.63) is 29.3 Å². The summed E-state index contributed by atoms with van der Waals surface area (Å²) in [6.07, 6.45) is -0.0638. The fraction of sp³-hybridized carbons (Fsp3) is 0.429. The highest BCUT2D eigenvalue weighted by atomic mass is 16.5. The summed E-state index contributed by atoms with van der Waals surface area (Å²) in [5.41, 5.74) is 2.10. The van der Waals surface area contributed by atoms with Crippen LogP contribution in [0.25, 0.3) is 0 Å². The van der Waals surface area contributed by atoms with Crippen LogP contribution in [0.4, 0.5) is 0 Å². The monoisotopic (exact) mass is 265 g/mol. The second kappa shape index (κ2) is 6.78. The quantitative estimate of drug-likeness (QED) is 0.848. The van der Waals surface area contributed by atoms with Gasteiger partial charge >= 0.3 is 5.97 Å². The zero-order valence-electron chi connectivity index (χ0n) is 11.5. The maximum atomic E-state index is 11.7. The summed E-state index contributed by atoms with van der Waals surface area (Å²) in [6.45, 7) is 4.01. The molecule has 1 aromatic rings. The molecule has 5 heteroatoms. The molecule has 0 radical (unpaired) electrons. The second-order valence-corrected chi connectivity index (χ2v) is 4.45. The number of carboxylic acids is 1. The van der Waals surface area contributed by atoms with Crippen molar-refractivity contribution >= 4 is 11.9 Å². The first-order chi connectivity index (χ1) is 8.91. The number of hydrogen-bond acceptors (Lipinski definition) is 3. The van der Waals surface area contributed by atoms with E-state index in [0.29, 0.717) is 5.75 Å². The van der Waals surface area contributed by atoms with E-state index < -0.39 is 5.97 Å². The van der Waals surface area contributed by atoms with Crippen molar-refractivity contribution in [2.45, 2.75) is 20.3 Å². The Labute approximate surface area is 112 Å². The molecule has 0 unspecified atom stereocenters. The van der Waals surface area contributed by atoms with E-state index in [4.69, 9.17) is 9.84 Å². The molecule has 0 spiro atoms. The van der Waals surface area contributed by atoms with Crippen LogP contribution in [0.2, 0.25) is 0 Å². The molecule has 104 valence electrons. The summed E-state index contributed by atoms with van der Waals surface area (Å²) in [5.74, 6) is -0.475. The average Bonchev–Trinajstić information content (AvgIpc) is 2.37. The molecular formula is C14H19NO4. The highest BCUT2D eigenvalue weighted by Crippen LogP contribution is 2.20. The third kappa shape index (κ3) is 4.62. The molecule has 0 aliphatic carbocycles. The van der Waals surface area contributed by atoms with E-state index >= 15 is 0 Å². The number of amides is 1. The van der Waals surface area contributed by atoms with E-state index in [1.807, 2.05) is 32.0 Å². The number of carboxylic acid groups (broad SMARTS) is 1.